The lowest BCUT2D eigenvalue weighted by Gasteiger charge is -2.28. The van der Waals surface area contributed by atoms with Crippen molar-refractivity contribution in [1.82, 2.24) is 24.6 Å². The molecule has 0 radical (unpaired) electrons. The second-order valence-corrected chi connectivity index (χ2v) is 8.68. The van der Waals surface area contributed by atoms with Crippen LogP contribution >= 0.6 is 11.6 Å². The first kappa shape index (κ1) is 19.4. The number of primary amides is 1. The fourth-order valence-electron chi connectivity index (χ4n) is 4.34. The van der Waals surface area contributed by atoms with Crippen LogP contribution in [-0.4, -0.2) is 62.6 Å². The number of aryl methyl sites for hydroxylation is 1. The number of rotatable bonds is 5. The number of likely N-dealkylation sites (tertiary alicyclic amines) is 1. The minimum atomic E-state index is -0.659. The molecule has 2 aliphatic rings. The number of fused-ring (bicyclic) bond motifs is 1. The van der Waals surface area contributed by atoms with Gasteiger partial charge in [-0.2, -0.15) is 10.1 Å². The van der Waals surface area contributed by atoms with E-state index in [1.54, 1.807) is 22.0 Å². The molecule has 2 amide bonds. The number of carbonyl (C=O) groups excluding carboxylic acids is 2. The second-order valence-electron chi connectivity index (χ2n) is 8.27. The molecule has 2 fully saturated rings. The first-order valence-corrected chi connectivity index (χ1v) is 9.60. The number of aromatic nitrogens is 4. The zero-order valence-electron chi connectivity index (χ0n) is 16.5. The third kappa shape index (κ3) is 3.17. The molecule has 2 aromatic heterocycles. The smallest absolute Gasteiger partial charge is 0.237 e. The fourth-order valence-corrected chi connectivity index (χ4v) is 4.55. The van der Waals surface area contributed by atoms with Crippen molar-refractivity contribution in [2.45, 2.75) is 13.8 Å². The van der Waals surface area contributed by atoms with Crippen LogP contribution < -0.4 is 16.0 Å². The Bertz CT molecular complexity index is 994. The normalized spacial score (nSPS) is 26.1. The van der Waals surface area contributed by atoms with Gasteiger partial charge >= 0.3 is 0 Å². The van der Waals surface area contributed by atoms with E-state index in [1.807, 2.05) is 25.1 Å². The van der Waals surface area contributed by atoms with Crippen molar-refractivity contribution in [3.63, 3.8) is 0 Å². The van der Waals surface area contributed by atoms with Crippen LogP contribution in [0.3, 0.4) is 0 Å². The summed E-state index contributed by atoms with van der Waals surface area (Å²) < 4.78 is 1.67. The number of hydrogen-bond donors (Lipinski definition) is 2. The van der Waals surface area contributed by atoms with Crippen molar-refractivity contribution in [3.8, 4) is 0 Å². The van der Waals surface area contributed by atoms with Crippen molar-refractivity contribution in [2.75, 3.05) is 36.4 Å². The molecule has 0 aliphatic carbocycles. The quantitative estimate of drug-likeness (QED) is 0.735. The lowest BCUT2D eigenvalue weighted by molar-refractivity contribution is -0.138. The molecular weight excluding hydrogens is 396 g/mol. The number of anilines is 3. The van der Waals surface area contributed by atoms with Gasteiger partial charge in [-0.1, -0.05) is 18.5 Å². The van der Waals surface area contributed by atoms with Gasteiger partial charge in [0, 0.05) is 38.3 Å². The predicted octanol–water partition coefficient (Wildman–Crippen LogP) is 0.767. The maximum absolute atomic E-state index is 13.0. The van der Waals surface area contributed by atoms with E-state index in [-0.39, 0.29) is 17.9 Å². The molecule has 29 heavy (non-hydrogen) atoms. The van der Waals surface area contributed by atoms with Crippen molar-refractivity contribution in [2.24, 2.45) is 23.6 Å². The van der Waals surface area contributed by atoms with Gasteiger partial charge in [-0.15, -0.1) is 0 Å². The van der Waals surface area contributed by atoms with Gasteiger partial charge in [-0.25, -0.2) is 4.98 Å². The Morgan fingerprint density at radius 3 is 2.69 bits per heavy atom. The highest BCUT2D eigenvalue weighted by molar-refractivity contribution is 6.32. The zero-order valence-corrected chi connectivity index (χ0v) is 17.3. The minimum absolute atomic E-state index is 0.0581. The van der Waals surface area contributed by atoms with Gasteiger partial charge in [0.25, 0.3) is 0 Å². The van der Waals surface area contributed by atoms with Gasteiger partial charge < -0.3 is 20.9 Å². The molecule has 154 valence electrons. The van der Waals surface area contributed by atoms with Crippen molar-refractivity contribution < 1.29 is 9.59 Å². The molecule has 3 N–H and O–H groups in total. The first-order valence-electron chi connectivity index (χ1n) is 9.22. The number of carbonyl (C=O) groups is 2. The number of nitrogens with two attached hydrogens (primary N) is 1. The molecule has 4 rings (SSSR count). The van der Waals surface area contributed by atoms with E-state index in [1.165, 1.54) is 0 Å². The Hall–Kier alpha value is -2.88. The highest BCUT2D eigenvalue weighted by Crippen LogP contribution is 2.53. The van der Waals surface area contributed by atoms with Crippen LogP contribution in [0.15, 0.2) is 18.6 Å². The van der Waals surface area contributed by atoms with Crippen LogP contribution in [0.2, 0.25) is 5.02 Å². The fraction of sp³-hybridized carbons (Fsp3) is 0.500. The number of nitrogens with one attached hydrogen (secondary N) is 1. The maximum Gasteiger partial charge on any atom is 0.237 e. The average Bonchev–Trinajstić information content (AvgIpc) is 3.21. The topological polar surface area (TPSA) is 122 Å². The largest absolute Gasteiger partial charge is 0.368 e. The molecule has 0 spiro atoms. The van der Waals surface area contributed by atoms with Gasteiger partial charge in [0.1, 0.15) is 5.02 Å². The van der Waals surface area contributed by atoms with E-state index in [2.05, 4.69) is 27.3 Å². The molecule has 2 aliphatic heterocycles. The average molecular weight is 419 g/mol. The second kappa shape index (κ2) is 6.58. The highest BCUT2D eigenvalue weighted by Gasteiger charge is 2.63. The van der Waals surface area contributed by atoms with Crippen molar-refractivity contribution in [3.05, 3.63) is 23.6 Å². The Morgan fingerprint density at radius 2 is 2.07 bits per heavy atom. The number of nitrogens with zero attached hydrogens (tertiary/aromatic N) is 6. The van der Waals surface area contributed by atoms with Crippen LogP contribution in [0, 0.1) is 10.8 Å². The summed E-state index contributed by atoms with van der Waals surface area (Å²) in [6, 6.07) is 0. The van der Waals surface area contributed by atoms with E-state index >= 15 is 0 Å². The molecule has 4 heterocycles. The molecular formula is C18H23ClN8O2. The number of hydrogen-bond acceptors (Lipinski definition) is 7. The van der Waals surface area contributed by atoms with Crippen LogP contribution in [0.25, 0.3) is 0 Å². The van der Waals surface area contributed by atoms with E-state index in [9.17, 15) is 9.59 Å². The summed E-state index contributed by atoms with van der Waals surface area (Å²) in [5.41, 5.74) is 5.04. The molecule has 2 atom stereocenters. The highest BCUT2D eigenvalue weighted by atomic mass is 35.5. The zero-order chi connectivity index (χ0) is 21.0. The van der Waals surface area contributed by atoms with E-state index in [4.69, 9.17) is 17.3 Å². The molecule has 2 aromatic rings. The van der Waals surface area contributed by atoms with Gasteiger partial charge in [0.05, 0.1) is 30.0 Å². The van der Waals surface area contributed by atoms with Crippen LogP contribution in [0.5, 0.6) is 0 Å². The number of halogens is 1. The van der Waals surface area contributed by atoms with E-state index in [0.717, 1.165) is 5.69 Å². The Kier molecular flexibility index (Phi) is 4.41. The SMILES string of the molecule is Cn1cc(Nc2ncc(Cl)c(N3C[C@]4(C)CN(CC(N)=O)C(=O)[C@]4(C)C3)n2)cn1. The lowest BCUT2D eigenvalue weighted by Crippen LogP contribution is -2.41. The summed E-state index contributed by atoms with van der Waals surface area (Å²) >= 11 is 6.40. The van der Waals surface area contributed by atoms with Gasteiger partial charge in [-0.3, -0.25) is 14.3 Å². The Labute approximate surface area is 173 Å². The standard InChI is InChI=1S/C18H23ClN8O2/c1-17-8-26(7-13(20)28)15(29)18(17,2)10-27(9-17)14-12(19)5-21-16(24-14)23-11-4-22-25(3)6-11/h4-6H,7-10H2,1-3H3,(H2,20,28)(H,21,23,24)/t17-,18-/m0/s1. The molecule has 0 unspecified atom stereocenters. The Morgan fingerprint density at radius 1 is 1.31 bits per heavy atom. The predicted molar refractivity (Wildman–Crippen MR) is 108 cm³/mol. The van der Waals surface area contributed by atoms with Crippen LogP contribution in [-0.2, 0) is 16.6 Å². The third-order valence-electron chi connectivity index (χ3n) is 6.01. The van der Waals surface area contributed by atoms with E-state index < -0.39 is 11.3 Å². The maximum atomic E-state index is 13.0. The minimum Gasteiger partial charge on any atom is -0.368 e. The van der Waals surface area contributed by atoms with Crippen molar-refractivity contribution in [1.29, 1.82) is 0 Å². The summed E-state index contributed by atoms with van der Waals surface area (Å²) in [4.78, 5) is 36.7. The summed E-state index contributed by atoms with van der Waals surface area (Å²) in [7, 11) is 1.82. The summed E-state index contributed by atoms with van der Waals surface area (Å²) in [6.07, 6.45) is 5.03. The van der Waals surface area contributed by atoms with Gasteiger partial charge in [0.15, 0.2) is 5.82 Å². The molecule has 0 bridgehead atoms. The van der Waals surface area contributed by atoms with Gasteiger partial charge in [0.2, 0.25) is 17.8 Å². The Balaban J connectivity index is 1.59. The summed E-state index contributed by atoms with van der Waals surface area (Å²) in [5, 5.41) is 7.63. The number of amides is 2. The monoisotopic (exact) mass is 418 g/mol. The molecule has 0 saturated carbocycles. The van der Waals surface area contributed by atoms with Crippen molar-refractivity contribution >= 4 is 40.9 Å². The van der Waals surface area contributed by atoms with Crippen LogP contribution in [0.1, 0.15) is 13.8 Å². The summed E-state index contributed by atoms with van der Waals surface area (Å²) in [5.74, 6) is 0.387. The lowest BCUT2D eigenvalue weighted by atomic mass is 9.70. The third-order valence-corrected chi connectivity index (χ3v) is 6.28. The molecule has 2 saturated heterocycles. The molecule has 0 aromatic carbocycles. The van der Waals surface area contributed by atoms with Crippen LogP contribution in [0.4, 0.5) is 17.5 Å². The molecule has 11 heteroatoms. The van der Waals surface area contributed by atoms with E-state index in [0.29, 0.717) is 36.4 Å². The summed E-state index contributed by atoms with van der Waals surface area (Å²) in [6.45, 7) is 5.41. The molecule has 10 nitrogen and oxygen atoms in total. The first-order chi connectivity index (χ1) is 13.6. The van der Waals surface area contributed by atoms with Gasteiger partial charge in [-0.05, 0) is 6.92 Å².